The zero-order valence-corrected chi connectivity index (χ0v) is 16.1. The third-order valence-corrected chi connectivity index (χ3v) is 4.69. The predicted octanol–water partition coefficient (Wildman–Crippen LogP) is 1.48. The standard InChI is InChI=1S/C17H28N4O3S/c1-22-14-7-5-13(6-8-14)15-11-18-9-10-21(15)20-17(25-4)19-12-16(23-2)24-3/h5-8,15-16,18H,9-12H2,1-4H3,(H,19,20). The third-order valence-electron chi connectivity index (χ3n) is 4.09. The van der Waals surface area contributed by atoms with E-state index in [1.54, 1.807) is 33.1 Å². The van der Waals surface area contributed by atoms with Crippen molar-refractivity contribution >= 4 is 16.9 Å². The van der Waals surface area contributed by atoms with Gasteiger partial charge in [0.25, 0.3) is 0 Å². The molecule has 8 heteroatoms. The highest BCUT2D eigenvalue weighted by molar-refractivity contribution is 8.13. The summed E-state index contributed by atoms with van der Waals surface area (Å²) in [6.45, 7) is 3.14. The minimum atomic E-state index is -0.329. The average molecular weight is 369 g/mol. The van der Waals surface area contributed by atoms with Gasteiger partial charge in [-0.25, -0.2) is 5.01 Å². The summed E-state index contributed by atoms with van der Waals surface area (Å²) in [6.07, 6.45) is 1.68. The van der Waals surface area contributed by atoms with E-state index in [0.717, 1.165) is 30.6 Å². The summed E-state index contributed by atoms with van der Waals surface area (Å²) >= 11 is 1.58. The van der Waals surface area contributed by atoms with Gasteiger partial charge in [-0.3, -0.25) is 10.4 Å². The third kappa shape index (κ3) is 5.86. The first-order chi connectivity index (χ1) is 12.2. The second kappa shape index (κ2) is 10.6. The van der Waals surface area contributed by atoms with Crippen LogP contribution in [0, 0.1) is 0 Å². The van der Waals surface area contributed by atoms with Crippen LogP contribution in [0.4, 0.5) is 0 Å². The molecule has 1 unspecified atom stereocenters. The normalized spacial score (nSPS) is 19.2. The molecule has 7 nitrogen and oxygen atoms in total. The molecule has 1 aliphatic rings. The summed E-state index contributed by atoms with van der Waals surface area (Å²) in [4.78, 5) is 4.57. The molecule has 140 valence electrons. The number of nitrogens with one attached hydrogen (secondary N) is 2. The number of hydrogen-bond donors (Lipinski definition) is 2. The van der Waals surface area contributed by atoms with Gasteiger partial charge in [0.05, 0.1) is 19.7 Å². The van der Waals surface area contributed by atoms with Crippen molar-refractivity contribution in [2.75, 3.05) is 53.8 Å². The van der Waals surface area contributed by atoms with Gasteiger partial charge in [-0.15, -0.1) is 0 Å². The first-order valence-corrected chi connectivity index (χ1v) is 9.46. The van der Waals surface area contributed by atoms with Crippen molar-refractivity contribution in [1.29, 1.82) is 0 Å². The molecular formula is C17H28N4O3S. The van der Waals surface area contributed by atoms with Crippen molar-refractivity contribution in [2.24, 2.45) is 4.99 Å². The minimum Gasteiger partial charge on any atom is -0.497 e. The molecule has 1 heterocycles. The first kappa shape index (κ1) is 20.0. The van der Waals surface area contributed by atoms with E-state index in [1.165, 1.54) is 5.56 Å². The van der Waals surface area contributed by atoms with Crippen molar-refractivity contribution in [1.82, 2.24) is 15.8 Å². The molecule has 1 aliphatic heterocycles. The number of piperazine rings is 1. The van der Waals surface area contributed by atoms with E-state index in [9.17, 15) is 0 Å². The lowest BCUT2D eigenvalue weighted by Crippen LogP contribution is -2.53. The molecule has 2 rings (SSSR count). The van der Waals surface area contributed by atoms with Gasteiger partial charge >= 0.3 is 0 Å². The van der Waals surface area contributed by atoms with E-state index in [0.29, 0.717) is 6.54 Å². The molecule has 0 bridgehead atoms. The Kier molecular flexibility index (Phi) is 8.50. The van der Waals surface area contributed by atoms with Gasteiger partial charge in [-0.2, -0.15) is 0 Å². The second-order valence-electron chi connectivity index (χ2n) is 5.55. The van der Waals surface area contributed by atoms with Crippen LogP contribution in [-0.4, -0.2) is 70.2 Å². The van der Waals surface area contributed by atoms with Crippen LogP contribution in [0.1, 0.15) is 11.6 Å². The maximum absolute atomic E-state index is 5.25. The lowest BCUT2D eigenvalue weighted by molar-refractivity contribution is -0.0937. The molecule has 0 aromatic heterocycles. The molecular weight excluding hydrogens is 340 g/mol. The number of amidine groups is 1. The van der Waals surface area contributed by atoms with Crippen LogP contribution in [-0.2, 0) is 9.47 Å². The molecule has 0 amide bonds. The van der Waals surface area contributed by atoms with E-state index >= 15 is 0 Å². The SMILES string of the molecule is COc1ccc(C2CNCCN2NC(=NCC(OC)OC)SC)cc1. The van der Waals surface area contributed by atoms with Gasteiger partial charge in [0.2, 0.25) is 0 Å². The molecule has 0 saturated carbocycles. The number of hydrazine groups is 1. The van der Waals surface area contributed by atoms with Crippen LogP contribution < -0.4 is 15.5 Å². The second-order valence-corrected chi connectivity index (χ2v) is 6.34. The molecule has 1 aromatic rings. The number of benzene rings is 1. The van der Waals surface area contributed by atoms with Gasteiger partial charge in [0.15, 0.2) is 11.5 Å². The zero-order valence-electron chi connectivity index (χ0n) is 15.3. The molecule has 1 fully saturated rings. The van der Waals surface area contributed by atoms with Crippen LogP contribution >= 0.6 is 11.8 Å². The Morgan fingerprint density at radius 2 is 2.04 bits per heavy atom. The summed E-state index contributed by atoms with van der Waals surface area (Å²) in [5.41, 5.74) is 4.68. The van der Waals surface area contributed by atoms with Crippen molar-refractivity contribution in [3.63, 3.8) is 0 Å². The molecule has 25 heavy (non-hydrogen) atoms. The topological polar surface area (TPSA) is 67.4 Å². The largest absolute Gasteiger partial charge is 0.497 e. The smallest absolute Gasteiger partial charge is 0.176 e. The maximum Gasteiger partial charge on any atom is 0.176 e. The van der Waals surface area contributed by atoms with E-state index in [1.807, 2.05) is 18.4 Å². The number of rotatable bonds is 7. The molecule has 0 spiro atoms. The molecule has 2 N–H and O–H groups in total. The van der Waals surface area contributed by atoms with Crippen LogP contribution in [0.15, 0.2) is 29.3 Å². The van der Waals surface area contributed by atoms with E-state index in [4.69, 9.17) is 14.2 Å². The fourth-order valence-corrected chi connectivity index (χ4v) is 3.05. The Hall–Kier alpha value is -1.32. The molecule has 1 saturated heterocycles. The van der Waals surface area contributed by atoms with Gasteiger partial charge in [-0.1, -0.05) is 23.9 Å². The van der Waals surface area contributed by atoms with Crippen molar-refractivity contribution < 1.29 is 14.2 Å². The number of aliphatic imine (C=N–C) groups is 1. The Morgan fingerprint density at radius 1 is 1.32 bits per heavy atom. The Labute approximate surface area is 154 Å². The first-order valence-electron chi connectivity index (χ1n) is 8.23. The minimum absolute atomic E-state index is 0.220. The summed E-state index contributed by atoms with van der Waals surface area (Å²) in [5, 5.41) is 6.52. The number of methoxy groups -OCH3 is 3. The molecule has 1 aromatic carbocycles. The summed E-state index contributed by atoms with van der Waals surface area (Å²) in [6, 6.07) is 8.42. The Bertz CT molecular complexity index is 537. The Morgan fingerprint density at radius 3 is 2.64 bits per heavy atom. The highest BCUT2D eigenvalue weighted by Gasteiger charge is 2.24. The quantitative estimate of drug-likeness (QED) is 0.429. The molecule has 0 radical (unpaired) electrons. The number of ether oxygens (including phenoxy) is 3. The fraction of sp³-hybridized carbons (Fsp3) is 0.588. The van der Waals surface area contributed by atoms with Gasteiger partial charge in [0.1, 0.15) is 5.75 Å². The van der Waals surface area contributed by atoms with Crippen LogP contribution in [0.5, 0.6) is 5.75 Å². The van der Waals surface area contributed by atoms with E-state index < -0.39 is 0 Å². The van der Waals surface area contributed by atoms with E-state index in [-0.39, 0.29) is 12.3 Å². The number of nitrogens with zero attached hydrogens (tertiary/aromatic N) is 2. The highest BCUT2D eigenvalue weighted by Crippen LogP contribution is 2.23. The summed E-state index contributed by atoms with van der Waals surface area (Å²) in [7, 11) is 4.91. The van der Waals surface area contributed by atoms with Gasteiger partial charge in [0, 0.05) is 33.9 Å². The highest BCUT2D eigenvalue weighted by atomic mass is 32.2. The van der Waals surface area contributed by atoms with Crippen LogP contribution in [0.3, 0.4) is 0 Å². The monoisotopic (exact) mass is 368 g/mol. The van der Waals surface area contributed by atoms with Crippen LogP contribution in [0.2, 0.25) is 0 Å². The summed E-state index contributed by atoms with van der Waals surface area (Å²) < 4.78 is 15.6. The fourth-order valence-electron chi connectivity index (χ4n) is 2.63. The zero-order chi connectivity index (χ0) is 18.1. The lowest BCUT2D eigenvalue weighted by atomic mass is 10.0. The van der Waals surface area contributed by atoms with Crippen molar-refractivity contribution in [3.8, 4) is 5.75 Å². The predicted molar refractivity (Wildman–Crippen MR) is 102 cm³/mol. The Balaban J connectivity index is 2.06. The molecule has 0 aliphatic carbocycles. The maximum atomic E-state index is 5.25. The number of thioether (sulfide) groups is 1. The molecule has 1 atom stereocenters. The average Bonchev–Trinajstić information content (AvgIpc) is 2.68. The lowest BCUT2D eigenvalue weighted by Gasteiger charge is -2.37. The summed E-state index contributed by atoms with van der Waals surface area (Å²) in [5.74, 6) is 0.864. The van der Waals surface area contributed by atoms with Crippen molar-refractivity contribution in [3.05, 3.63) is 29.8 Å². The van der Waals surface area contributed by atoms with Gasteiger partial charge in [-0.05, 0) is 24.0 Å². The van der Waals surface area contributed by atoms with Crippen LogP contribution in [0.25, 0.3) is 0 Å². The van der Waals surface area contributed by atoms with E-state index in [2.05, 4.69) is 32.9 Å². The number of hydrogen-bond acceptors (Lipinski definition) is 7. The van der Waals surface area contributed by atoms with Crippen molar-refractivity contribution in [2.45, 2.75) is 12.3 Å². The van der Waals surface area contributed by atoms with Gasteiger partial charge < -0.3 is 19.5 Å².